The van der Waals surface area contributed by atoms with E-state index in [0.717, 1.165) is 18.2 Å². The quantitative estimate of drug-likeness (QED) is 0.697. The van der Waals surface area contributed by atoms with Crippen LogP contribution in [0.2, 0.25) is 0 Å². The molecule has 148 valence electrons. The molecule has 4 rings (SSSR count). The minimum Gasteiger partial charge on any atom is -0.422 e. The second kappa shape index (κ2) is 7.91. The van der Waals surface area contributed by atoms with Gasteiger partial charge in [0.15, 0.2) is 0 Å². The molecule has 0 aliphatic carbocycles. The summed E-state index contributed by atoms with van der Waals surface area (Å²) in [5.41, 5.74) is 1.68. The van der Waals surface area contributed by atoms with E-state index in [9.17, 15) is 14.4 Å². The lowest BCUT2D eigenvalue weighted by Crippen LogP contribution is -2.49. The lowest BCUT2D eigenvalue weighted by Gasteiger charge is -2.33. The van der Waals surface area contributed by atoms with E-state index in [4.69, 9.17) is 4.42 Å². The van der Waals surface area contributed by atoms with Gasteiger partial charge in [0, 0.05) is 37.0 Å². The van der Waals surface area contributed by atoms with E-state index in [-0.39, 0.29) is 17.9 Å². The maximum absolute atomic E-state index is 13.0. The van der Waals surface area contributed by atoms with Crippen LogP contribution in [0.3, 0.4) is 0 Å². The fourth-order valence-corrected chi connectivity index (χ4v) is 3.83. The number of benzene rings is 2. The Bertz CT molecular complexity index is 1130. The molecule has 0 saturated carbocycles. The van der Waals surface area contributed by atoms with Crippen molar-refractivity contribution in [2.45, 2.75) is 25.8 Å². The summed E-state index contributed by atoms with van der Waals surface area (Å²) in [5, 5.41) is 3.72. The highest BCUT2D eigenvalue weighted by Gasteiger charge is 2.25. The topological polar surface area (TPSA) is 79.6 Å². The largest absolute Gasteiger partial charge is 0.422 e. The van der Waals surface area contributed by atoms with Crippen molar-refractivity contribution in [3.05, 3.63) is 70.6 Å². The summed E-state index contributed by atoms with van der Waals surface area (Å²) in [6.45, 7) is 2.62. The van der Waals surface area contributed by atoms with Crippen molar-refractivity contribution in [1.82, 2.24) is 10.2 Å². The van der Waals surface area contributed by atoms with E-state index < -0.39 is 5.63 Å². The SMILES string of the molecule is CC(=O)NC1CCCN(C(=O)c2cccc(-c3cc4ccccc4oc3=O)c2)C1. The first kappa shape index (κ1) is 18.9. The minimum absolute atomic E-state index is 0.0269. The summed E-state index contributed by atoms with van der Waals surface area (Å²) in [6, 6.07) is 16.1. The van der Waals surface area contributed by atoms with Crippen LogP contribution in [-0.2, 0) is 4.79 Å². The van der Waals surface area contributed by atoms with Crippen molar-refractivity contribution < 1.29 is 14.0 Å². The average molecular weight is 390 g/mol. The summed E-state index contributed by atoms with van der Waals surface area (Å²) in [7, 11) is 0. The number of fused-ring (bicyclic) bond motifs is 1. The molecule has 6 nitrogen and oxygen atoms in total. The van der Waals surface area contributed by atoms with Crippen molar-refractivity contribution in [3.63, 3.8) is 0 Å². The van der Waals surface area contributed by atoms with E-state index in [0.29, 0.717) is 35.4 Å². The van der Waals surface area contributed by atoms with Gasteiger partial charge in [-0.3, -0.25) is 9.59 Å². The van der Waals surface area contributed by atoms with Gasteiger partial charge in [-0.05, 0) is 42.7 Å². The molecule has 2 heterocycles. The molecule has 1 aliphatic rings. The highest BCUT2D eigenvalue weighted by atomic mass is 16.4. The number of hydrogen-bond acceptors (Lipinski definition) is 4. The van der Waals surface area contributed by atoms with Crippen molar-refractivity contribution in [1.29, 1.82) is 0 Å². The maximum atomic E-state index is 13.0. The molecule has 0 spiro atoms. The Morgan fingerprint density at radius 1 is 1.10 bits per heavy atom. The predicted molar refractivity (Wildman–Crippen MR) is 111 cm³/mol. The van der Waals surface area contributed by atoms with Crippen molar-refractivity contribution in [2.75, 3.05) is 13.1 Å². The number of hydrogen-bond donors (Lipinski definition) is 1. The van der Waals surface area contributed by atoms with Gasteiger partial charge in [0.1, 0.15) is 5.58 Å². The second-order valence-electron chi connectivity index (χ2n) is 7.36. The number of piperidine rings is 1. The van der Waals surface area contributed by atoms with E-state index >= 15 is 0 Å². The first-order chi connectivity index (χ1) is 14.0. The summed E-state index contributed by atoms with van der Waals surface area (Å²) >= 11 is 0. The van der Waals surface area contributed by atoms with Gasteiger partial charge >= 0.3 is 5.63 Å². The Balaban J connectivity index is 1.62. The number of para-hydroxylation sites is 1. The highest BCUT2D eigenvalue weighted by Crippen LogP contribution is 2.23. The Kier molecular flexibility index (Phi) is 5.16. The molecule has 0 bridgehead atoms. The zero-order chi connectivity index (χ0) is 20.4. The van der Waals surface area contributed by atoms with Gasteiger partial charge in [0.25, 0.3) is 5.91 Å². The summed E-state index contributed by atoms with van der Waals surface area (Å²) < 4.78 is 5.42. The molecule has 1 aliphatic heterocycles. The van der Waals surface area contributed by atoms with Crippen LogP contribution in [0.25, 0.3) is 22.1 Å². The van der Waals surface area contributed by atoms with Crippen LogP contribution in [0.4, 0.5) is 0 Å². The predicted octanol–water partition coefficient (Wildman–Crippen LogP) is 3.20. The minimum atomic E-state index is -0.433. The molecule has 1 aromatic heterocycles. The van der Waals surface area contributed by atoms with Gasteiger partial charge in [-0.25, -0.2) is 4.79 Å². The number of carbonyl (C=O) groups is 2. The molecule has 2 amide bonds. The zero-order valence-corrected chi connectivity index (χ0v) is 16.2. The van der Waals surface area contributed by atoms with E-state index in [1.807, 2.05) is 18.2 Å². The number of nitrogens with zero attached hydrogens (tertiary/aromatic N) is 1. The standard InChI is InChI=1S/C23H22N2O4/c1-15(26)24-19-9-5-11-25(14-19)22(27)18-8-4-7-16(12-18)20-13-17-6-2-3-10-21(17)29-23(20)28/h2-4,6-8,10,12-13,19H,5,9,11,14H2,1H3,(H,24,26). The number of amides is 2. The number of carbonyl (C=O) groups excluding carboxylic acids is 2. The highest BCUT2D eigenvalue weighted by molar-refractivity contribution is 5.96. The molecule has 1 atom stereocenters. The summed E-state index contributed by atoms with van der Waals surface area (Å²) in [5.74, 6) is -0.193. The molecule has 6 heteroatoms. The van der Waals surface area contributed by atoms with Crippen LogP contribution in [0.15, 0.2) is 63.8 Å². The first-order valence-electron chi connectivity index (χ1n) is 9.71. The van der Waals surface area contributed by atoms with Crippen molar-refractivity contribution >= 4 is 22.8 Å². The maximum Gasteiger partial charge on any atom is 0.344 e. The van der Waals surface area contributed by atoms with Gasteiger partial charge < -0.3 is 14.6 Å². The molecular weight excluding hydrogens is 368 g/mol. The Hall–Kier alpha value is -3.41. The fraction of sp³-hybridized carbons (Fsp3) is 0.261. The van der Waals surface area contributed by atoms with E-state index in [1.165, 1.54) is 6.92 Å². The van der Waals surface area contributed by atoms with Crippen LogP contribution in [0.1, 0.15) is 30.1 Å². The number of rotatable bonds is 3. The van der Waals surface area contributed by atoms with Crippen LogP contribution in [-0.4, -0.2) is 35.8 Å². The van der Waals surface area contributed by atoms with Crippen LogP contribution in [0, 0.1) is 0 Å². The Labute approximate surface area is 168 Å². The van der Waals surface area contributed by atoms with E-state index in [1.54, 1.807) is 41.3 Å². The number of likely N-dealkylation sites (tertiary alicyclic amines) is 1. The van der Waals surface area contributed by atoms with Crippen LogP contribution < -0.4 is 10.9 Å². The summed E-state index contributed by atoms with van der Waals surface area (Å²) in [4.78, 5) is 38.6. The molecule has 1 fully saturated rings. The van der Waals surface area contributed by atoms with Crippen LogP contribution in [0.5, 0.6) is 0 Å². The van der Waals surface area contributed by atoms with Gasteiger partial charge in [0.05, 0.1) is 5.56 Å². The lowest BCUT2D eigenvalue weighted by atomic mass is 10.0. The zero-order valence-electron chi connectivity index (χ0n) is 16.2. The first-order valence-corrected chi connectivity index (χ1v) is 9.71. The van der Waals surface area contributed by atoms with Gasteiger partial charge in [-0.15, -0.1) is 0 Å². The molecular formula is C23H22N2O4. The third kappa shape index (κ3) is 4.06. The van der Waals surface area contributed by atoms with Crippen LogP contribution >= 0.6 is 0 Å². The molecule has 29 heavy (non-hydrogen) atoms. The van der Waals surface area contributed by atoms with Crippen molar-refractivity contribution in [3.8, 4) is 11.1 Å². The monoisotopic (exact) mass is 390 g/mol. The normalized spacial score (nSPS) is 16.6. The Morgan fingerprint density at radius 2 is 1.93 bits per heavy atom. The van der Waals surface area contributed by atoms with Gasteiger partial charge in [-0.1, -0.05) is 30.3 Å². The number of nitrogens with one attached hydrogen (secondary N) is 1. The third-order valence-electron chi connectivity index (χ3n) is 5.18. The lowest BCUT2D eigenvalue weighted by molar-refractivity contribution is -0.120. The van der Waals surface area contributed by atoms with Gasteiger partial charge in [0.2, 0.25) is 5.91 Å². The third-order valence-corrected chi connectivity index (χ3v) is 5.18. The van der Waals surface area contributed by atoms with Crippen molar-refractivity contribution in [2.24, 2.45) is 0 Å². The van der Waals surface area contributed by atoms with Gasteiger partial charge in [-0.2, -0.15) is 0 Å². The fourth-order valence-electron chi connectivity index (χ4n) is 3.83. The summed E-state index contributed by atoms with van der Waals surface area (Å²) in [6.07, 6.45) is 1.70. The molecule has 3 aromatic rings. The Morgan fingerprint density at radius 3 is 2.76 bits per heavy atom. The smallest absolute Gasteiger partial charge is 0.344 e. The molecule has 1 unspecified atom stereocenters. The average Bonchev–Trinajstić information content (AvgIpc) is 2.72. The molecule has 1 saturated heterocycles. The molecule has 1 N–H and O–H groups in total. The molecule has 0 radical (unpaired) electrons. The van der Waals surface area contributed by atoms with E-state index in [2.05, 4.69) is 5.32 Å². The second-order valence-corrected chi connectivity index (χ2v) is 7.36. The molecule has 2 aromatic carbocycles.